The fourth-order valence-corrected chi connectivity index (χ4v) is 8.51. The summed E-state index contributed by atoms with van der Waals surface area (Å²) in [6, 6.07) is 40.1. The van der Waals surface area contributed by atoms with Gasteiger partial charge in [-0.25, -0.2) is 0 Å². The lowest BCUT2D eigenvalue weighted by molar-refractivity contribution is 1.46. The molecule has 9 rings (SSSR count). The molecule has 1 nitrogen and oxygen atoms in total. The van der Waals surface area contributed by atoms with Crippen molar-refractivity contribution >= 4 is 95.5 Å². The molecule has 3 aromatic heterocycles. The van der Waals surface area contributed by atoms with E-state index in [1.165, 1.54) is 78.4 Å². The van der Waals surface area contributed by atoms with Crippen LogP contribution < -0.4 is 0 Å². The van der Waals surface area contributed by atoms with Crippen LogP contribution in [0.5, 0.6) is 0 Å². The van der Waals surface area contributed by atoms with E-state index in [0.29, 0.717) is 0 Å². The van der Waals surface area contributed by atoms with Crippen LogP contribution in [0, 0.1) is 0 Å². The number of nitrogens with zero attached hydrogens (tertiary/aromatic N) is 1. The van der Waals surface area contributed by atoms with Gasteiger partial charge >= 0.3 is 0 Å². The summed E-state index contributed by atoms with van der Waals surface area (Å²) < 4.78 is 5.31. The lowest BCUT2D eigenvalue weighted by atomic mass is 9.91. The monoisotopic (exact) mass is 517 g/mol. The minimum absolute atomic E-state index is 1.08. The molecule has 0 aliphatic carbocycles. The molecule has 0 aliphatic rings. The smallest absolute Gasteiger partial charge is 0.0793 e. The first-order valence-electron chi connectivity index (χ1n) is 12.8. The number of pyridine rings is 1. The Bertz CT molecular complexity index is 2410. The largest absolute Gasteiger partial charge is 0.255 e. The first kappa shape index (κ1) is 20.7. The lowest BCUT2D eigenvalue weighted by Gasteiger charge is -2.14. The Hall–Kier alpha value is -4.31. The quantitative estimate of drug-likeness (QED) is 0.197. The Balaban J connectivity index is 1.50. The lowest BCUT2D eigenvalue weighted by Crippen LogP contribution is -1.90. The molecule has 3 heteroatoms. The molecule has 0 amide bonds. The summed E-state index contributed by atoms with van der Waals surface area (Å²) in [6.07, 6.45) is 2.04. The average molecular weight is 518 g/mol. The van der Waals surface area contributed by atoms with Gasteiger partial charge in [-0.15, -0.1) is 22.7 Å². The highest BCUT2D eigenvalue weighted by Gasteiger charge is 2.18. The molecule has 3 heterocycles. The van der Waals surface area contributed by atoms with E-state index in [1.54, 1.807) is 0 Å². The third kappa shape index (κ3) is 2.78. The molecule has 9 aromatic rings. The minimum Gasteiger partial charge on any atom is -0.255 e. The number of aromatic nitrogens is 1. The molecule has 0 unspecified atom stereocenters. The van der Waals surface area contributed by atoms with Gasteiger partial charge in [0.25, 0.3) is 0 Å². The highest BCUT2D eigenvalue weighted by Crippen LogP contribution is 2.46. The number of fused-ring (bicyclic) bond motifs is 11. The van der Waals surface area contributed by atoms with Gasteiger partial charge in [0.05, 0.1) is 5.52 Å². The zero-order chi connectivity index (χ0) is 24.8. The minimum atomic E-state index is 1.08. The van der Waals surface area contributed by atoms with Gasteiger partial charge in [0, 0.05) is 68.3 Å². The summed E-state index contributed by atoms with van der Waals surface area (Å²) >= 11 is 3.76. The average Bonchev–Trinajstić information content (AvgIpc) is 3.53. The summed E-state index contributed by atoms with van der Waals surface area (Å²) in [4.78, 5) is 5.12. The summed E-state index contributed by atoms with van der Waals surface area (Å²) in [7, 11) is 0. The van der Waals surface area contributed by atoms with Crippen LogP contribution >= 0.6 is 22.7 Å². The zero-order valence-electron chi connectivity index (χ0n) is 20.2. The highest BCUT2D eigenvalue weighted by atomic mass is 32.1. The molecule has 0 saturated heterocycles. The maximum absolute atomic E-state index is 5.12. The number of hydrogen-bond acceptors (Lipinski definition) is 3. The van der Waals surface area contributed by atoms with Gasteiger partial charge < -0.3 is 0 Å². The van der Waals surface area contributed by atoms with Crippen molar-refractivity contribution in [3.8, 4) is 11.1 Å². The summed E-state index contributed by atoms with van der Waals surface area (Å²) in [5.74, 6) is 0. The third-order valence-electron chi connectivity index (χ3n) is 7.87. The van der Waals surface area contributed by atoms with Gasteiger partial charge in [-0.1, -0.05) is 78.9 Å². The molecule has 0 N–H and O–H groups in total. The predicted octanol–water partition coefficient (Wildman–Crippen LogP) is 10.9. The molecule has 6 aromatic carbocycles. The van der Waals surface area contributed by atoms with E-state index in [9.17, 15) is 0 Å². The van der Waals surface area contributed by atoms with Crippen LogP contribution in [-0.4, -0.2) is 4.98 Å². The molecule has 0 aliphatic heterocycles. The molecular formula is C35H19NS2. The van der Waals surface area contributed by atoms with Gasteiger partial charge in [0.15, 0.2) is 0 Å². The van der Waals surface area contributed by atoms with Gasteiger partial charge in [-0.3, -0.25) is 4.98 Å². The Labute approximate surface area is 226 Å². The number of benzene rings is 6. The van der Waals surface area contributed by atoms with Crippen molar-refractivity contribution in [3.05, 3.63) is 115 Å². The second-order valence-electron chi connectivity index (χ2n) is 9.94. The maximum Gasteiger partial charge on any atom is 0.0793 e. The van der Waals surface area contributed by atoms with E-state index >= 15 is 0 Å². The standard InChI is InChI=1S/C35H19NS2/c1-2-9-22-20(8-1)19-36-34-27-18-32-28(24-11-4-5-14-30(24)37-32)16-21(27)17-29(33(22)34)26-13-7-12-25-23-10-3-6-15-31(23)38-35(25)26/h1-19H. The van der Waals surface area contributed by atoms with Crippen LogP contribution in [0.2, 0.25) is 0 Å². The molecular weight excluding hydrogens is 499 g/mol. The Kier molecular flexibility index (Phi) is 4.15. The van der Waals surface area contributed by atoms with E-state index in [1.807, 2.05) is 28.9 Å². The van der Waals surface area contributed by atoms with E-state index < -0.39 is 0 Å². The summed E-state index contributed by atoms with van der Waals surface area (Å²) in [5, 5.41) is 11.4. The molecule has 0 saturated carbocycles. The van der Waals surface area contributed by atoms with E-state index in [4.69, 9.17) is 4.98 Å². The number of rotatable bonds is 1. The van der Waals surface area contributed by atoms with E-state index in [-0.39, 0.29) is 0 Å². The van der Waals surface area contributed by atoms with E-state index in [0.717, 1.165) is 5.52 Å². The molecule has 0 radical (unpaired) electrons. The summed E-state index contributed by atoms with van der Waals surface area (Å²) in [6.45, 7) is 0. The number of hydrogen-bond donors (Lipinski definition) is 0. The molecule has 0 spiro atoms. The first-order chi connectivity index (χ1) is 18.8. The molecule has 0 bridgehead atoms. The van der Waals surface area contributed by atoms with Crippen LogP contribution in [-0.2, 0) is 0 Å². The first-order valence-corrected chi connectivity index (χ1v) is 14.4. The Morgan fingerprint density at radius 1 is 0.447 bits per heavy atom. The Morgan fingerprint density at radius 2 is 1.16 bits per heavy atom. The van der Waals surface area contributed by atoms with Gasteiger partial charge in [-0.05, 0) is 46.7 Å². The van der Waals surface area contributed by atoms with Gasteiger partial charge in [0.1, 0.15) is 0 Å². The van der Waals surface area contributed by atoms with Crippen molar-refractivity contribution in [1.82, 2.24) is 4.98 Å². The number of thiophene rings is 2. The maximum atomic E-state index is 5.12. The van der Waals surface area contributed by atoms with Crippen molar-refractivity contribution in [2.75, 3.05) is 0 Å². The Morgan fingerprint density at radius 3 is 2.03 bits per heavy atom. The van der Waals surface area contributed by atoms with Crippen LogP contribution in [0.3, 0.4) is 0 Å². The predicted molar refractivity (Wildman–Crippen MR) is 168 cm³/mol. The van der Waals surface area contributed by atoms with Gasteiger partial charge in [0.2, 0.25) is 0 Å². The highest BCUT2D eigenvalue weighted by molar-refractivity contribution is 7.26. The normalized spacial score (nSPS) is 12.2. The SMILES string of the molecule is c1ccc2c(c1)cnc1c3cc4sc5ccccc5c4cc3cc(-c3cccc4c3sc3ccccc34)c21. The summed E-state index contributed by atoms with van der Waals surface area (Å²) in [5.41, 5.74) is 3.62. The van der Waals surface area contributed by atoms with Crippen molar-refractivity contribution in [2.45, 2.75) is 0 Å². The second kappa shape index (κ2) is 7.61. The fraction of sp³-hybridized carbons (Fsp3) is 0. The fourth-order valence-electron chi connectivity index (χ4n) is 6.15. The van der Waals surface area contributed by atoms with Crippen LogP contribution in [0.4, 0.5) is 0 Å². The van der Waals surface area contributed by atoms with Crippen LogP contribution in [0.25, 0.3) is 83.9 Å². The van der Waals surface area contributed by atoms with Crippen LogP contribution in [0.15, 0.2) is 115 Å². The van der Waals surface area contributed by atoms with Crippen molar-refractivity contribution in [2.24, 2.45) is 0 Å². The van der Waals surface area contributed by atoms with Crippen molar-refractivity contribution < 1.29 is 0 Å². The van der Waals surface area contributed by atoms with Crippen molar-refractivity contribution in [1.29, 1.82) is 0 Å². The third-order valence-corrected chi connectivity index (χ3v) is 10.2. The molecule has 0 fully saturated rings. The van der Waals surface area contributed by atoms with Crippen molar-refractivity contribution in [3.63, 3.8) is 0 Å². The molecule has 0 atom stereocenters. The second-order valence-corrected chi connectivity index (χ2v) is 12.1. The molecule has 38 heavy (non-hydrogen) atoms. The molecule has 176 valence electrons. The van der Waals surface area contributed by atoms with Gasteiger partial charge in [-0.2, -0.15) is 0 Å². The topological polar surface area (TPSA) is 12.9 Å². The van der Waals surface area contributed by atoms with E-state index in [2.05, 4.69) is 109 Å². The van der Waals surface area contributed by atoms with Crippen LogP contribution in [0.1, 0.15) is 0 Å². The zero-order valence-corrected chi connectivity index (χ0v) is 21.9.